The zero-order chi connectivity index (χ0) is 16.9. The lowest BCUT2D eigenvalue weighted by molar-refractivity contribution is 0.0594. The first-order valence-electron chi connectivity index (χ1n) is 7.98. The lowest BCUT2D eigenvalue weighted by Crippen LogP contribution is -2.30. The molecule has 134 valence electrons. The highest BCUT2D eigenvalue weighted by molar-refractivity contribution is 5.95. The topological polar surface area (TPSA) is 70.8 Å². The maximum atomic E-state index is 12.1. The average Bonchev–Trinajstić information content (AvgIpc) is 3.08. The number of rotatable bonds is 6. The van der Waals surface area contributed by atoms with Crippen molar-refractivity contribution in [2.75, 3.05) is 20.3 Å². The van der Waals surface area contributed by atoms with Gasteiger partial charge in [-0.15, -0.1) is 12.4 Å². The van der Waals surface area contributed by atoms with Crippen LogP contribution in [0.25, 0.3) is 0 Å². The van der Waals surface area contributed by atoms with Gasteiger partial charge in [0.15, 0.2) is 0 Å². The summed E-state index contributed by atoms with van der Waals surface area (Å²) in [4.78, 5) is 12.1. The van der Waals surface area contributed by atoms with Gasteiger partial charge in [0.2, 0.25) is 0 Å². The van der Waals surface area contributed by atoms with Crippen molar-refractivity contribution in [3.05, 3.63) is 59.2 Å². The number of fused-ring (bicyclic) bond motifs is 1. The Morgan fingerprint density at radius 3 is 2.72 bits per heavy atom. The third-order valence-electron chi connectivity index (χ3n) is 4.02. The van der Waals surface area contributed by atoms with Crippen LogP contribution in [0.15, 0.2) is 42.5 Å². The molecule has 0 unspecified atom stereocenters. The molecule has 6 heteroatoms. The van der Waals surface area contributed by atoms with E-state index in [9.17, 15) is 4.79 Å². The molecule has 0 aliphatic carbocycles. The van der Waals surface area contributed by atoms with E-state index in [0.717, 1.165) is 16.9 Å². The van der Waals surface area contributed by atoms with Crippen molar-refractivity contribution >= 4 is 18.4 Å². The summed E-state index contributed by atoms with van der Waals surface area (Å²) in [6.45, 7) is 0.884. The molecular weight excluding hydrogens is 342 g/mol. The molecule has 1 atom stereocenters. The zero-order valence-electron chi connectivity index (χ0n) is 14.1. The van der Waals surface area contributed by atoms with E-state index < -0.39 is 5.97 Å². The molecule has 1 aliphatic heterocycles. The summed E-state index contributed by atoms with van der Waals surface area (Å²) in [5.74, 6) is 0.801. The van der Waals surface area contributed by atoms with Crippen LogP contribution in [0.3, 0.4) is 0 Å². The molecule has 0 amide bonds. The Balaban J connectivity index is 0.00000225. The van der Waals surface area contributed by atoms with Gasteiger partial charge in [-0.05, 0) is 24.1 Å². The molecule has 0 radical (unpaired) electrons. The fraction of sp³-hybridized carbons (Fsp3) is 0.316. The monoisotopic (exact) mass is 363 g/mol. The molecule has 2 aromatic rings. The minimum absolute atomic E-state index is 0. The fourth-order valence-electron chi connectivity index (χ4n) is 2.87. The summed E-state index contributed by atoms with van der Waals surface area (Å²) in [7, 11) is 1.36. The van der Waals surface area contributed by atoms with Crippen molar-refractivity contribution in [2.24, 2.45) is 5.73 Å². The van der Waals surface area contributed by atoms with Gasteiger partial charge in [-0.25, -0.2) is 4.79 Å². The van der Waals surface area contributed by atoms with Crippen LogP contribution in [0.5, 0.6) is 11.5 Å². The number of esters is 1. The number of hydrogen-bond acceptors (Lipinski definition) is 5. The minimum Gasteiger partial charge on any atom is -0.493 e. The van der Waals surface area contributed by atoms with Gasteiger partial charge in [0.1, 0.15) is 23.7 Å². The van der Waals surface area contributed by atoms with Crippen LogP contribution < -0.4 is 15.2 Å². The van der Waals surface area contributed by atoms with Gasteiger partial charge < -0.3 is 19.9 Å². The van der Waals surface area contributed by atoms with Gasteiger partial charge in [-0.1, -0.05) is 30.3 Å². The van der Waals surface area contributed by atoms with Crippen molar-refractivity contribution in [2.45, 2.75) is 18.9 Å². The summed E-state index contributed by atoms with van der Waals surface area (Å²) in [5, 5.41) is 0. The molecule has 0 spiro atoms. The number of methoxy groups -OCH3 is 1. The predicted octanol–water partition coefficient (Wildman–Crippen LogP) is 2.78. The first-order chi connectivity index (χ1) is 11.7. The van der Waals surface area contributed by atoms with E-state index in [1.165, 1.54) is 7.11 Å². The Morgan fingerprint density at radius 2 is 2.00 bits per heavy atom. The Kier molecular flexibility index (Phi) is 6.67. The van der Waals surface area contributed by atoms with E-state index in [1.54, 1.807) is 6.07 Å². The smallest absolute Gasteiger partial charge is 0.342 e. The van der Waals surface area contributed by atoms with Crippen LogP contribution in [-0.2, 0) is 17.6 Å². The molecule has 3 rings (SSSR count). The van der Waals surface area contributed by atoms with E-state index in [2.05, 4.69) is 0 Å². The van der Waals surface area contributed by atoms with Crippen molar-refractivity contribution in [3.8, 4) is 11.5 Å². The van der Waals surface area contributed by atoms with Crippen molar-refractivity contribution < 1.29 is 19.0 Å². The first kappa shape index (κ1) is 19.1. The van der Waals surface area contributed by atoms with Gasteiger partial charge >= 0.3 is 5.97 Å². The van der Waals surface area contributed by atoms with E-state index in [0.29, 0.717) is 37.4 Å². The highest BCUT2D eigenvalue weighted by Gasteiger charge is 2.25. The lowest BCUT2D eigenvalue weighted by Gasteiger charge is -2.16. The molecule has 2 aromatic carbocycles. The number of carbonyl (C=O) groups is 1. The second-order valence-corrected chi connectivity index (χ2v) is 5.77. The lowest BCUT2D eigenvalue weighted by atomic mass is 10.0. The van der Waals surface area contributed by atoms with Gasteiger partial charge in [0, 0.05) is 18.0 Å². The number of hydrogen-bond donors (Lipinski definition) is 1. The second kappa shape index (κ2) is 8.74. The quantitative estimate of drug-likeness (QED) is 0.799. The second-order valence-electron chi connectivity index (χ2n) is 5.77. The number of carbonyl (C=O) groups excluding carboxylic acids is 1. The largest absolute Gasteiger partial charge is 0.493 e. The molecule has 0 fully saturated rings. The van der Waals surface area contributed by atoms with Gasteiger partial charge in [0.05, 0.1) is 13.7 Å². The maximum absolute atomic E-state index is 12.1. The molecule has 1 heterocycles. The molecule has 2 N–H and O–H groups in total. The summed E-state index contributed by atoms with van der Waals surface area (Å²) >= 11 is 0. The Labute approximate surface area is 153 Å². The molecular formula is C19H22ClNO4. The number of ether oxygens (including phenoxy) is 3. The Morgan fingerprint density at radius 1 is 1.24 bits per heavy atom. The van der Waals surface area contributed by atoms with Gasteiger partial charge in [-0.3, -0.25) is 0 Å². The molecule has 25 heavy (non-hydrogen) atoms. The number of halogens is 1. The first-order valence-corrected chi connectivity index (χ1v) is 7.98. The fourth-order valence-corrected chi connectivity index (χ4v) is 2.87. The van der Waals surface area contributed by atoms with Crippen LogP contribution in [0, 0.1) is 0 Å². The molecule has 0 aromatic heterocycles. The van der Waals surface area contributed by atoms with Gasteiger partial charge in [-0.2, -0.15) is 0 Å². The SMILES string of the molecule is COC(=O)c1c(OC[C@H](N)Cc2ccccc2)ccc2c1CCO2.Cl. The van der Waals surface area contributed by atoms with Crippen LogP contribution in [0.1, 0.15) is 21.5 Å². The third-order valence-corrected chi connectivity index (χ3v) is 4.02. The number of nitrogens with two attached hydrogens (primary N) is 1. The van der Waals surface area contributed by atoms with E-state index in [1.807, 2.05) is 36.4 Å². The highest BCUT2D eigenvalue weighted by atomic mass is 35.5. The molecule has 1 aliphatic rings. The Hall–Kier alpha value is -2.24. The highest BCUT2D eigenvalue weighted by Crippen LogP contribution is 2.35. The van der Waals surface area contributed by atoms with E-state index >= 15 is 0 Å². The van der Waals surface area contributed by atoms with Crippen LogP contribution in [-0.4, -0.2) is 32.3 Å². The van der Waals surface area contributed by atoms with Crippen LogP contribution in [0.2, 0.25) is 0 Å². The normalized spacial score (nSPS) is 13.2. The van der Waals surface area contributed by atoms with E-state index in [-0.39, 0.29) is 18.4 Å². The average molecular weight is 364 g/mol. The van der Waals surface area contributed by atoms with Crippen LogP contribution >= 0.6 is 12.4 Å². The maximum Gasteiger partial charge on any atom is 0.342 e. The van der Waals surface area contributed by atoms with Crippen molar-refractivity contribution in [1.82, 2.24) is 0 Å². The molecule has 0 bridgehead atoms. The third kappa shape index (κ3) is 4.44. The Bertz CT molecular complexity index is 721. The summed E-state index contributed by atoms with van der Waals surface area (Å²) < 4.78 is 16.2. The molecule has 5 nitrogen and oxygen atoms in total. The van der Waals surface area contributed by atoms with Crippen molar-refractivity contribution in [3.63, 3.8) is 0 Å². The van der Waals surface area contributed by atoms with Gasteiger partial charge in [0.25, 0.3) is 0 Å². The van der Waals surface area contributed by atoms with Crippen molar-refractivity contribution in [1.29, 1.82) is 0 Å². The minimum atomic E-state index is -0.413. The van der Waals surface area contributed by atoms with Crippen LogP contribution in [0.4, 0.5) is 0 Å². The zero-order valence-corrected chi connectivity index (χ0v) is 14.9. The summed E-state index contributed by atoms with van der Waals surface area (Å²) in [6.07, 6.45) is 1.38. The summed E-state index contributed by atoms with van der Waals surface area (Å²) in [6, 6.07) is 13.4. The van der Waals surface area contributed by atoms with E-state index in [4.69, 9.17) is 19.9 Å². The molecule has 0 saturated carbocycles. The summed E-state index contributed by atoms with van der Waals surface area (Å²) in [5.41, 5.74) is 8.60. The molecule has 0 saturated heterocycles. The standard InChI is InChI=1S/C19H21NO4.ClH/c1-22-19(21)18-15-9-10-23-16(15)7-8-17(18)24-12-14(20)11-13-5-3-2-4-6-13;/h2-8,14H,9-12,20H2,1H3;1H/t14-;/m1./s1. The number of benzene rings is 2. The predicted molar refractivity (Wildman–Crippen MR) is 97.8 cm³/mol.